The quantitative estimate of drug-likeness (QED) is 0.888. The molecule has 6 nitrogen and oxygen atoms in total. The van der Waals surface area contributed by atoms with E-state index in [4.69, 9.17) is 11.6 Å². The minimum absolute atomic E-state index is 0.119. The number of benzene rings is 1. The Morgan fingerprint density at radius 1 is 1.30 bits per heavy atom. The molecule has 1 N–H and O–H groups in total. The van der Waals surface area contributed by atoms with Crippen LogP contribution in [-0.4, -0.2) is 56.4 Å². The predicted octanol–water partition coefficient (Wildman–Crippen LogP) is 1.91. The number of hydrogen-bond donors (Lipinski definition) is 1. The van der Waals surface area contributed by atoms with Crippen molar-refractivity contribution in [3.63, 3.8) is 0 Å². The second kappa shape index (κ2) is 7.46. The van der Waals surface area contributed by atoms with Gasteiger partial charge in [-0.25, -0.2) is 17.6 Å². The first-order valence-electron chi connectivity index (χ1n) is 7.34. The standard InChI is InChI=1S/C14H19ClFN3O3S/c1-2-5-17-14(20)18-6-8-19(9-7-18)23(21,22)13-10-11(15)3-4-12(13)16/h3-4,10H,2,5-9H2,1H3,(H,17,20). The molecule has 2 rings (SSSR count). The Bertz CT molecular complexity index is 676. The van der Waals surface area contributed by atoms with Crippen LogP contribution in [0.1, 0.15) is 13.3 Å². The van der Waals surface area contributed by atoms with Crippen molar-refractivity contribution in [3.05, 3.63) is 29.0 Å². The summed E-state index contributed by atoms with van der Waals surface area (Å²) >= 11 is 5.76. The maximum Gasteiger partial charge on any atom is 0.317 e. The summed E-state index contributed by atoms with van der Waals surface area (Å²) in [7, 11) is -3.97. The summed E-state index contributed by atoms with van der Waals surface area (Å²) in [6, 6.07) is 3.22. The van der Waals surface area contributed by atoms with Crippen LogP contribution >= 0.6 is 11.6 Å². The molecule has 1 aromatic rings. The van der Waals surface area contributed by atoms with E-state index in [-0.39, 0.29) is 37.2 Å². The molecule has 1 fully saturated rings. The highest BCUT2D eigenvalue weighted by molar-refractivity contribution is 7.89. The Balaban J connectivity index is 2.07. The van der Waals surface area contributed by atoms with Crippen LogP contribution < -0.4 is 5.32 Å². The fourth-order valence-electron chi connectivity index (χ4n) is 2.29. The maximum absolute atomic E-state index is 13.8. The number of piperazine rings is 1. The molecule has 0 unspecified atom stereocenters. The fourth-order valence-corrected chi connectivity index (χ4v) is 4.04. The molecule has 1 aliphatic heterocycles. The molecule has 23 heavy (non-hydrogen) atoms. The van der Waals surface area contributed by atoms with E-state index in [0.29, 0.717) is 6.54 Å². The monoisotopic (exact) mass is 363 g/mol. The Hall–Kier alpha value is -1.38. The number of nitrogens with one attached hydrogen (secondary N) is 1. The van der Waals surface area contributed by atoms with E-state index < -0.39 is 20.7 Å². The van der Waals surface area contributed by atoms with Gasteiger partial charge in [0.05, 0.1) is 0 Å². The van der Waals surface area contributed by atoms with Gasteiger partial charge >= 0.3 is 6.03 Å². The summed E-state index contributed by atoms with van der Waals surface area (Å²) in [5.41, 5.74) is 0. The van der Waals surface area contributed by atoms with Crippen LogP contribution in [0.25, 0.3) is 0 Å². The number of urea groups is 1. The zero-order valence-electron chi connectivity index (χ0n) is 12.8. The number of amides is 2. The molecule has 0 aliphatic carbocycles. The molecule has 0 saturated carbocycles. The Kier molecular flexibility index (Phi) is 5.83. The highest BCUT2D eigenvalue weighted by Crippen LogP contribution is 2.24. The van der Waals surface area contributed by atoms with E-state index in [2.05, 4.69) is 5.32 Å². The molecule has 0 radical (unpaired) electrons. The van der Waals surface area contributed by atoms with Crippen molar-refractivity contribution in [3.8, 4) is 0 Å². The first kappa shape index (κ1) is 18.0. The number of hydrogen-bond acceptors (Lipinski definition) is 3. The third-order valence-electron chi connectivity index (χ3n) is 3.56. The van der Waals surface area contributed by atoms with Crippen molar-refractivity contribution in [1.29, 1.82) is 0 Å². The lowest BCUT2D eigenvalue weighted by molar-refractivity contribution is 0.172. The number of rotatable bonds is 4. The zero-order valence-corrected chi connectivity index (χ0v) is 14.3. The molecule has 1 saturated heterocycles. The number of halogens is 2. The van der Waals surface area contributed by atoms with E-state index in [1.54, 1.807) is 4.90 Å². The van der Waals surface area contributed by atoms with Gasteiger partial charge in [0.25, 0.3) is 0 Å². The van der Waals surface area contributed by atoms with Crippen molar-refractivity contribution in [2.45, 2.75) is 18.2 Å². The number of nitrogens with zero attached hydrogens (tertiary/aromatic N) is 2. The molecule has 128 valence electrons. The molecular formula is C14H19ClFN3O3S. The smallest absolute Gasteiger partial charge is 0.317 e. The largest absolute Gasteiger partial charge is 0.338 e. The highest BCUT2D eigenvalue weighted by Gasteiger charge is 2.32. The van der Waals surface area contributed by atoms with E-state index in [9.17, 15) is 17.6 Å². The minimum atomic E-state index is -3.97. The number of carbonyl (C=O) groups is 1. The average Bonchev–Trinajstić information content (AvgIpc) is 2.54. The van der Waals surface area contributed by atoms with Gasteiger partial charge in [-0.05, 0) is 24.6 Å². The van der Waals surface area contributed by atoms with E-state index in [0.717, 1.165) is 18.6 Å². The van der Waals surface area contributed by atoms with Crippen LogP contribution in [0.15, 0.2) is 23.1 Å². The molecule has 0 bridgehead atoms. The number of sulfonamides is 1. The topological polar surface area (TPSA) is 69.7 Å². The molecule has 9 heteroatoms. The number of carbonyl (C=O) groups excluding carboxylic acids is 1. The van der Waals surface area contributed by atoms with Gasteiger partial charge in [0.2, 0.25) is 10.0 Å². The van der Waals surface area contributed by atoms with Crippen LogP contribution in [0.4, 0.5) is 9.18 Å². The SMILES string of the molecule is CCCNC(=O)N1CCN(S(=O)(=O)c2cc(Cl)ccc2F)CC1. The van der Waals surface area contributed by atoms with Gasteiger partial charge in [0.15, 0.2) is 0 Å². The summed E-state index contributed by atoms with van der Waals surface area (Å²) in [6.45, 7) is 3.28. The molecule has 0 spiro atoms. The second-order valence-electron chi connectivity index (χ2n) is 5.20. The van der Waals surface area contributed by atoms with Crippen LogP contribution in [0, 0.1) is 5.82 Å². The van der Waals surface area contributed by atoms with E-state index in [1.165, 1.54) is 10.4 Å². The molecule has 1 heterocycles. The van der Waals surface area contributed by atoms with Gasteiger partial charge < -0.3 is 10.2 Å². The average molecular weight is 364 g/mol. The Morgan fingerprint density at radius 3 is 2.57 bits per heavy atom. The second-order valence-corrected chi connectivity index (χ2v) is 7.54. The van der Waals surface area contributed by atoms with Gasteiger partial charge in [0.1, 0.15) is 10.7 Å². The lowest BCUT2D eigenvalue weighted by atomic mass is 10.3. The van der Waals surface area contributed by atoms with Crippen molar-refractivity contribution < 1.29 is 17.6 Å². The summed E-state index contributed by atoms with van der Waals surface area (Å²) in [6.07, 6.45) is 0.828. The zero-order chi connectivity index (χ0) is 17.0. The lowest BCUT2D eigenvalue weighted by Gasteiger charge is -2.34. The lowest BCUT2D eigenvalue weighted by Crippen LogP contribution is -2.53. The third-order valence-corrected chi connectivity index (χ3v) is 5.71. The molecular weight excluding hydrogens is 345 g/mol. The van der Waals surface area contributed by atoms with Gasteiger partial charge in [-0.1, -0.05) is 18.5 Å². The molecule has 0 aromatic heterocycles. The minimum Gasteiger partial charge on any atom is -0.338 e. The molecule has 0 atom stereocenters. The van der Waals surface area contributed by atoms with E-state index in [1.807, 2.05) is 6.92 Å². The normalized spacial score (nSPS) is 16.4. The van der Waals surface area contributed by atoms with Crippen LogP contribution in [0.5, 0.6) is 0 Å². The Morgan fingerprint density at radius 2 is 1.96 bits per heavy atom. The summed E-state index contributed by atoms with van der Waals surface area (Å²) in [4.78, 5) is 13.0. The van der Waals surface area contributed by atoms with Crippen molar-refractivity contribution >= 4 is 27.7 Å². The summed E-state index contributed by atoms with van der Waals surface area (Å²) in [5.74, 6) is -0.836. The summed E-state index contributed by atoms with van der Waals surface area (Å²) in [5, 5.41) is 2.90. The van der Waals surface area contributed by atoms with Gasteiger partial charge in [-0.3, -0.25) is 0 Å². The van der Waals surface area contributed by atoms with Crippen LogP contribution in [0.2, 0.25) is 5.02 Å². The molecule has 1 aromatic carbocycles. The van der Waals surface area contributed by atoms with Crippen LogP contribution in [-0.2, 0) is 10.0 Å². The van der Waals surface area contributed by atoms with Gasteiger partial charge in [-0.15, -0.1) is 0 Å². The van der Waals surface area contributed by atoms with Crippen molar-refractivity contribution in [1.82, 2.24) is 14.5 Å². The van der Waals surface area contributed by atoms with Gasteiger partial charge in [0, 0.05) is 37.7 Å². The van der Waals surface area contributed by atoms with Crippen LogP contribution in [0.3, 0.4) is 0 Å². The van der Waals surface area contributed by atoms with E-state index >= 15 is 0 Å². The van der Waals surface area contributed by atoms with Gasteiger partial charge in [-0.2, -0.15) is 4.31 Å². The predicted molar refractivity (Wildman–Crippen MR) is 85.4 cm³/mol. The maximum atomic E-state index is 13.8. The molecule has 2 amide bonds. The highest BCUT2D eigenvalue weighted by atomic mass is 35.5. The Labute approximate surface area is 140 Å². The third kappa shape index (κ3) is 4.13. The van der Waals surface area contributed by atoms with Crippen molar-refractivity contribution in [2.75, 3.05) is 32.7 Å². The molecule has 1 aliphatic rings. The first-order chi connectivity index (χ1) is 10.9. The fraction of sp³-hybridized carbons (Fsp3) is 0.500. The summed E-state index contributed by atoms with van der Waals surface area (Å²) < 4.78 is 40.0. The van der Waals surface area contributed by atoms with Crippen molar-refractivity contribution in [2.24, 2.45) is 0 Å². The first-order valence-corrected chi connectivity index (χ1v) is 9.16.